The molecule has 4 N–H and O–H groups in total. The SMILES string of the molecule is CO.O=CC1(C(=O)Nc2ccc(Oc3ccc(NC(=O)C4(C(=O)O)CCCCC4)cc3)cc2Cc2ccccc2)CCCCC1. The zero-order valence-electron chi connectivity index (χ0n) is 25.7. The lowest BCUT2D eigenvalue weighted by Gasteiger charge is -2.31. The average Bonchev–Trinajstić information content (AvgIpc) is 3.08. The fourth-order valence-corrected chi connectivity index (χ4v) is 6.23. The smallest absolute Gasteiger partial charge is 0.319 e. The van der Waals surface area contributed by atoms with Crippen LogP contribution in [0.1, 0.15) is 75.3 Å². The number of rotatable bonds is 10. The Morgan fingerprint density at radius 2 is 1.36 bits per heavy atom. The van der Waals surface area contributed by atoms with Crippen molar-refractivity contribution in [1.29, 1.82) is 0 Å². The molecule has 0 saturated heterocycles. The molecule has 238 valence electrons. The van der Waals surface area contributed by atoms with Gasteiger partial charge in [-0.1, -0.05) is 68.9 Å². The van der Waals surface area contributed by atoms with Gasteiger partial charge in [0.15, 0.2) is 0 Å². The first-order chi connectivity index (χ1) is 21.8. The van der Waals surface area contributed by atoms with Gasteiger partial charge >= 0.3 is 5.97 Å². The molecule has 0 atom stereocenters. The summed E-state index contributed by atoms with van der Waals surface area (Å²) in [5.74, 6) is -0.721. The summed E-state index contributed by atoms with van der Waals surface area (Å²) in [6.07, 6.45) is 8.31. The number of nitrogens with one attached hydrogen (secondary N) is 2. The van der Waals surface area contributed by atoms with Crippen molar-refractivity contribution in [2.24, 2.45) is 10.8 Å². The summed E-state index contributed by atoms with van der Waals surface area (Å²) in [7, 11) is 1.00. The standard InChI is InChI=1S/C35H38N2O6.CH4O/c38-24-34(18-6-2-7-19-34)31(39)37-30-17-16-29(23-26(30)22-25-10-4-1-5-11-25)43-28-14-12-27(13-15-28)36-32(40)35(33(41)42)20-8-3-9-21-35;1-2/h1,4-5,10-17,23-24H,2-3,6-9,18-22H2,(H,36,40)(H,37,39)(H,41,42);2H,1H3. The number of aliphatic hydroxyl groups is 1. The first kappa shape index (κ1) is 33.4. The summed E-state index contributed by atoms with van der Waals surface area (Å²) in [5, 5.41) is 22.6. The van der Waals surface area contributed by atoms with E-state index in [1.54, 1.807) is 36.4 Å². The van der Waals surface area contributed by atoms with Crippen LogP contribution in [0.15, 0.2) is 72.8 Å². The van der Waals surface area contributed by atoms with Gasteiger partial charge in [0, 0.05) is 18.5 Å². The van der Waals surface area contributed by atoms with Crippen molar-refractivity contribution in [2.45, 2.75) is 70.6 Å². The number of amides is 2. The van der Waals surface area contributed by atoms with Crippen molar-refractivity contribution in [3.8, 4) is 11.5 Å². The van der Waals surface area contributed by atoms with E-state index in [-0.39, 0.29) is 5.91 Å². The van der Waals surface area contributed by atoms with Gasteiger partial charge < -0.3 is 30.4 Å². The molecule has 5 rings (SSSR count). The predicted octanol–water partition coefficient (Wildman–Crippen LogP) is 6.74. The quantitative estimate of drug-likeness (QED) is 0.146. The van der Waals surface area contributed by atoms with E-state index in [0.29, 0.717) is 55.0 Å². The van der Waals surface area contributed by atoms with Crippen molar-refractivity contribution in [3.05, 3.63) is 83.9 Å². The molecule has 2 aliphatic rings. The molecule has 2 fully saturated rings. The Balaban J connectivity index is 0.00000226. The zero-order chi connectivity index (χ0) is 32.3. The summed E-state index contributed by atoms with van der Waals surface area (Å²) >= 11 is 0. The monoisotopic (exact) mass is 614 g/mol. The molecular weight excluding hydrogens is 572 g/mol. The van der Waals surface area contributed by atoms with E-state index in [2.05, 4.69) is 10.6 Å². The lowest BCUT2D eigenvalue weighted by Crippen LogP contribution is -2.44. The second-order valence-corrected chi connectivity index (χ2v) is 11.8. The maximum absolute atomic E-state index is 13.3. The zero-order valence-corrected chi connectivity index (χ0v) is 25.7. The average molecular weight is 615 g/mol. The highest BCUT2D eigenvalue weighted by molar-refractivity contribution is 6.08. The summed E-state index contributed by atoms with van der Waals surface area (Å²) in [5.41, 5.74) is 0.677. The van der Waals surface area contributed by atoms with E-state index in [9.17, 15) is 24.3 Å². The third-order valence-electron chi connectivity index (χ3n) is 8.88. The van der Waals surface area contributed by atoms with Gasteiger partial charge in [-0.2, -0.15) is 0 Å². The largest absolute Gasteiger partial charge is 0.480 e. The number of carbonyl (C=O) groups excluding carboxylic acids is 3. The topological polar surface area (TPSA) is 142 Å². The summed E-state index contributed by atoms with van der Waals surface area (Å²) < 4.78 is 6.13. The maximum Gasteiger partial charge on any atom is 0.319 e. The number of aliphatic hydroxyl groups excluding tert-OH is 1. The minimum Gasteiger partial charge on any atom is -0.480 e. The van der Waals surface area contributed by atoms with Gasteiger partial charge in [0.05, 0.1) is 0 Å². The third kappa shape index (κ3) is 7.97. The van der Waals surface area contributed by atoms with E-state index >= 15 is 0 Å². The molecule has 0 heterocycles. The van der Waals surface area contributed by atoms with Crippen LogP contribution in [0, 0.1) is 10.8 Å². The number of carboxylic acids is 1. The predicted molar refractivity (Wildman–Crippen MR) is 172 cm³/mol. The van der Waals surface area contributed by atoms with Gasteiger partial charge in [-0.15, -0.1) is 0 Å². The Bertz CT molecular complexity index is 1460. The molecule has 2 aliphatic carbocycles. The molecule has 9 nitrogen and oxygen atoms in total. The Hall–Kier alpha value is -4.50. The minimum atomic E-state index is -1.39. The van der Waals surface area contributed by atoms with Crippen LogP contribution in [0.5, 0.6) is 11.5 Å². The Kier molecular flexibility index (Phi) is 11.5. The maximum atomic E-state index is 13.3. The molecule has 9 heteroatoms. The molecule has 3 aromatic carbocycles. The molecular formula is C36H42N2O7. The van der Waals surface area contributed by atoms with Gasteiger partial charge in [0.1, 0.15) is 28.6 Å². The molecule has 0 aromatic heterocycles. The molecule has 3 aromatic rings. The number of ether oxygens (including phenoxy) is 1. The minimum absolute atomic E-state index is 0.263. The lowest BCUT2D eigenvalue weighted by molar-refractivity contribution is -0.156. The Labute approximate surface area is 264 Å². The number of hydrogen-bond acceptors (Lipinski definition) is 6. The highest BCUT2D eigenvalue weighted by Gasteiger charge is 2.46. The van der Waals surface area contributed by atoms with Gasteiger partial charge in [-0.3, -0.25) is 14.4 Å². The number of aliphatic carboxylic acids is 1. The number of aldehydes is 1. The van der Waals surface area contributed by atoms with E-state index in [4.69, 9.17) is 9.84 Å². The summed E-state index contributed by atoms with van der Waals surface area (Å²) in [6, 6.07) is 22.2. The van der Waals surface area contributed by atoms with Crippen LogP contribution < -0.4 is 15.4 Å². The van der Waals surface area contributed by atoms with Crippen LogP contribution in [0.4, 0.5) is 11.4 Å². The van der Waals surface area contributed by atoms with Gasteiger partial charge in [0.25, 0.3) is 0 Å². The molecule has 45 heavy (non-hydrogen) atoms. The Morgan fingerprint density at radius 3 is 1.96 bits per heavy atom. The second kappa shape index (κ2) is 15.5. The van der Waals surface area contributed by atoms with E-state index in [1.165, 1.54) is 0 Å². The molecule has 2 amide bonds. The Morgan fingerprint density at radius 1 is 0.756 bits per heavy atom. The van der Waals surface area contributed by atoms with Gasteiger partial charge in [-0.05, 0) is 85.7 Å². The highest BCUT2D eigenvalue weighted by atomic mass is 16.5. The number of carbonyl (C=O) groups is 4. The molecule has 0 unspecified atom stereocenters. The van der Waals surface area contributed by atoms with Crippen molar-refractivity contribution in [1.82, 2.24) is 0 Å². The van der Waals surface area contributed by atoms with Crippen molar-refractivity contribution in [2.75, 3.05) is 17.7 Å². The molecule has 0 spiro atoms. The van der Waals surface area contributed by atoms with E-state index < -0.39 is 22.7 Å². The van der Waals surface area contributed by atoms with E-state index in [0.717, 1.165) is 63.0 Å². The van der Waals surface area contributed by atoms with Crippen LogP contribution in [-0.2, 0) is 25.6 Å². The summed E-state index contributed by atoms with van der Waals surface area (Å²) in [4.78, 5) is 50.3. The normalized spacial score (nSPS) is 16.7. The number of carboxylic acid groups (broad SMARTS) is 1. The molecule has 0 aliphatic heterocycles. The molecule has 2 saturated carbocycles. The molecule has 0 bridgehead atoms. The van der Waals surface area contributed by atoms with Crippen molar-refractivity contribution in [3.63, 3.8) is 0 Å². The van der Waals surface area contributed by atoms with Crippen molar-refractivity contribution >= 4 is 35.4 Å². The fraction of sp³-hybridized carbons (Fsp3) is 0.389. The third-order valence-corrected chi connectivity index (χ3v) is 8.88. The highest BCUT2D eigenvalue weighted by Crippen LogP contribution is 2.39. The second-order valence-electron chi connectivity index (χ2n) is 11.8. The van der Waals surface area contributed by atoms with Crippen LogP contribution >= 0.6 is 0 Å². The summed E-state index contributed by atoms with van der Waals surface area (Å²) in [6.45, 7) is 0. The van der Waals surface area contributed by atoms with Crippen LogP contribution in [0.25, 0.3) is 0 Å². The fourth-order valence-electron chi connectivity index (χ4n) is 6.23. The van der Waals surface area contributed by atoms with Crippen LogP contribution in [0.2, 0.25) is 0 Å². The van der Waals surface area contributed by atoms with Gasteiger partial charge in [-0.25, -0.2) is 0 Å². The van der Waals surface area contributed by atoms with E-state index in [1.807, 2.05) is 36.4 Å². The first-order valence-electron chi connectivity index (χ1n) is 15.6. The lowest BCUT2D eigenvalue weighted by atomic mass is 9.73. The first-order valence-corrected chi connectivity index (χ1v) is 15.6. The van der Waals surface area contributed by atoms with Crippen molar-refractivity contribution < 1.29 is 34.1 Å². The number of anilines is 2. The van der Waals surface area contributed by atoms with Crippen LogP contribution in [0.3, 0.4) is 0 Å². The number of benzene rings is 3. The number of hydrogen-bond donors (Lipinski definition) is 4. The molecule has 0 radical (unpaired) electrons. The van der Waals surface area contributed by atoms with Gasteiger partial charge in [0.2, 0.25) is 11.8 Å². The van der Waals surface area contributed by atoms with Crippen LogP contribution in [-0.4, -0.2) is 41.4 Å².